The van der Waals surface area contributed by atoms with Crippen molar-refractivity contribution in [2.45, 2.75) is 32.9 Å². The fourth-order valence-corrected chi connectivity index (χ4v) is 2.36. The number of urea groups is 1. The van der Waals surface area contributed by atoms with Crippen LogP contribution in [-0.2, 0) is 6.54 Å². The van der Waals surface area contributed by atoms with Gasteiger partial charge in [-0.25, -0.2) is 4.79 Å². The van der Waals surface area contributed by atoms with Crippen LogP contribution in [-0.4, -0.2) is 35.7 Å². The van der Waals surface area contributed by atoms with Crippen LogP contribution >= 0.6 is 0 Å². The summed E-state index contributed by atoms with van der Waals surface area (Å²) in [5.74, 6) is 0.187. The first-order chi connectivity index (χ1) is 9.04. The van der Waals surface area contributed by atoms with E-state index in [-0.39, 0.29) is 11.9 Å². The minimum Gasteiger partial charge on any atom is -0.391 e. The molecule has 4 heteroatoms. The molecule has 0 radical (unpaired) electrons. The molecule has 1 heterocycles. The highest BCUT2D eigenvalue weighted by Crippen LogP contribution is 2.28. The molecule has 2 unspecified atom stereocenters. The van der Waals surface area contributed by atoms with Crippen molar-refractivity contribution in [3.8, 4) is 0 Å². The van der Waals surface area contributed by atoms with Crippen molar-refractivity contribution in [1.82, 2.24) is 4.90 Å². The highest BCUT2D eigenvalue weighted by molar-refractivity contribution is 5.94. The van der Waals surface area contributed by atoms with Crippen LogP contribution in [0.15, 0.2) is 24.3 Å². The maximum absolute atomic E-state index is 12.3. The number of para-hydroxylation sites is 1. The lowest BCUT2D eigenvalue weighted by atomic mass is 10.0. The van der Waals surface area contributed by atoms with Gasteiger partial charge in [0.2, 0.25) is 0 Å². The first kappa shape index (κ1) is 13.9. The molecule has 0 spiro atoms. The van der Waals surface area contributed by atoms with Crippen molar-refractivity contribution in [2.75, 3.05) is 18.5 Å². The van der Waals surface area contributed by atoms with Crippen LogP contribution in [0.5, 0.6) is 0 Å². The minimum atomic E-state index is -0.492. The summed E-state index contributed by atoms with van der Waals surface area (Å²) in [7, 11) is 1.79. The SMILES string of the molecule is CCC(C)C(O)CN1C(=O)N(C)Cc2ccccc21. The summed E-state index contributed by atoms with van der Waals surface area (Å²) in [5, 5.41) is 10.2. The van der Waals surface area contributed by atoms with Gasteiger partial charge in [-0.3, -0.25) is 4.90 Å². The smallest absolute Gasteiger partial charge is 0.324 e. The normalized spacial score (nSPS) is 18.2. The summed E-state index contributed by atoms with van der Waals surface area (Å²) in [4.78, 5) is 15.7. The number of aliphatic hydroxyl groups excluding tert-OH is 1. The molecular weight excluding hydrogens is 240 g/mol. The van der Waals surface area contributed by atoms with E-state index in [4.69, 9.17) is 0 Å². The molecule has 1 aliphatic heterocycles. The van der Waals surface area contributed by atoms with Gasteiger partial charge in [0, 0.05) is 13.6 Å². The zero-order valence-corrected chi connectivity index (χ0v) is 11.8. The van der Waals surface area contributed by atoms with Crippen LogP contribution in [0.25, 0.3) is 0 Å². The lowest BCUT2D eigenvalue weighted by Gasteiger charge is -2.36. The molecule has 0 fully saturated rings. The van der Waals surface area contributed by atoms with Gasteiger partial charge in [-0.15, -0.1) is 0 Å². The Kier molecular flexibility index (Phi) is 4.10. The third kappa shape index (κ3) is 2.73. The molecule has 0 saturated heterocycles. The zero-order valence-electron chi connectivity index (χ0n) is 11.8. The Morgan fingerprint density at radius 1 is 1.37 bits per heavy atom. The monoisotopic (exact) mass is 262 g/mol. The van der Waals surface area contributed by atoms with Gasteiger partial charge in [0.05, 0.1) is 18.3 Å². The summed E-state index contributed by atoms with van der Waals surface area (Å²) >= 11 is 0. The lowest BCUT2D eigenvalue weighted by molar-refractivity contribution is 0.118. The second kappa shape index (κ2) is 5.61. The number of β-amino-alcohol motifs (C(OH)–C–C–N with tert-alkyl or cyclic N) is 1. The second-order valence-electron chi connectivity index (χ2n) is 5.33. The minimum absolute atomic E-state index is 0.0407. The van der Waals surface area contributed by atoms with Gasteiger partial charge in [0.15, 0.2) is 0 Å². The number of benzene rings is 1. The van der Waals surface area contributed by atoms with E-state index in [2.05, 4.69) is 0 Å². The highest BCUT2D eigenvalue weighted by atomic mass is 16.3. The third-order valence-electron chi connectivity index (χ3n) is 3.92. The number of hydrogen-bond acceptors (Lipinski definition) is 2. The average Bonchev–Trinajstić information content (AvgIpc) is 2.42. The fourth-order valence-electron chi connectivity index (χ4n) is 2.36. The van der Waals surface area contributed by atoms with Crippen molar-refractivity contribution in [1.29, 1.82) is 0 Å². The number of aliphatic hydroxyl groups is 1. The maximum atomic E-state index is 12.3. The van der Waals surface area contributed by atoms with Gasteiger partial charge in [-0.1, -0.05) is 38.5 Å². The molecule has 4 nitrogen and oxygen atoms in total. The van der Waals surface area contributed by atoms with E-state index in [0.717, 1.165) is 17.7 Å². The molecule has 2 atom stereocenters. The van der Waals surface area contributed by atoms with Crippen molar-refractivity contribution < 1.29 is 9.90 Å². The van der Waals surface area contributed by atoms with Gasteiger partial charge >= 0.3 is 6.03 Å². The Balaban J connectivity index is 2.25. The molecule has 0 bridgehead atoms. The van der Waals surface area contributed by atoms with Gasteiger partial charge < -0.3 is 10.0 Å². The number of carbonyl (C=O) groups is 1. The van der Waals surface area contributed by atoms with E-state index in [0.29, 0.717) is 13.1 Å². The predicted octanol–water partition coefficient (Wildman–Crippen LogP) is 2.47. The summed E-state index contributed by atoms with van der Waals surface area (Å²) in [6, 6.07) is 7.84. The first-order valence-electron chi connectivity index (χ1n) is 6.83. The fraction of sp³-hybridized carbons (Fsp3) is 0.533. The van der Waals surface area contributed by atoms with E-state index >= 15 is 0 Å². The van der Waals surface area contributed by atoms with Gasteiger partial charge in [-0.05, 0) is 17.5 Å². The third-order valence-corrected chi connectivity index (χ3v) is 3.92. The molecule has 0 saturated carbocycles. The molecule has 2 amide bonds. The molecule has 1 aliphatic rings. The largest absolute Gasteiger partial charge is 0.391 e. The van der Waals surface area contributed by atoms with Crippen LogP contribution < -0.4 is 4.90 Å². The number of carbonyl (C=O) groups excluding carboxylic acids is 1. The number of rotatable bonds is 4. The van der Waals surface area contributed by atoms with E-state index in [9.17, 15) is 9.90 Å². The quantitative estimate of drug-likeness (QED) is 0.906. The Hall–Kier alpha value is -1.55. The zero-order chi connectivity index (χ0) is 14.0. The highest BCUT2D eigenvalue weighted by Gasteiger charge is 2.30. The Bertz CT molecular complexity index is 461. The second-order valence-corrected chi connectivity index (χ2v) is 5.33. The molecule has 2 rings (SSSR count). The van der Waals surface area contributed by atoms with E-state index < -0.39 is 6.10 Å². The van der Waals surface area contributed by atoms with Crippen LogP contribution in [0.1, 0.15) is 25.8 Å². The van der Waals surface area contributed by atoms with Gasteiger partial charge in [0.25, 0.3) is 0 Å². The number of amides is 2. The van der Waals surface area contributed by atoms with Crippen molar-refractivity contribution in [3.63, 3.8) is 0 Å². The molecule has 19 heavy (non-hydrogen) atoms. The Labute approximate surface area is 114 Å². The first-order valence-corrected chi connectivity index (χ1v) is 6.83. The standard InChI is InChI=1S/C15H22N2O2/c1-4-11(2)14(18)10-17-13-8-6-5-7-12(13)9-16(3)15(17)19/h5-8,11,14,18H,4,9-10H2,1-3H3. The molecule has 1 N–H and O–H groups in total. The Morgan fingerprint density at radius 3 is 2.74 bits per heavy atom. The van der Waals surface area contributed by atoms with Crippen molar-refractivity contribution in [3.05, 3.63) is 29.8 Å². The van der Waals surface area contributed by atoms with Crippen LogP contribution in [0.2, 0.25) is 0 Å². The maximum Gasteiger partial charge on any atom is 0.324 e. The number of anilines is 1. The summed E-state index contributed by atoms with van der Waals surface area (Å²) in [5.41, 5.74) is 2.05. The topological polar surface area (TPSA) is 43.8 Å². The van der Waals surface area contributed by atoms with E-state index in [1.807, 2.05) is 38.1 Å². The van der Waals surface area contributed by atoms with Crippen molar-refractivity contribution in [2.24, 2.45) is 5.92 Å². The molecule has 0 aliphatic carbocycles. The molecular formula is C15H22N2O2. The lowest BCUT2D eigenvalue weighted by Crippen LogP contribution is -2.49. The van der Waals surface area contributed by atoms with Crippen LogP contribution in [0, 0.1) is 5.92 Å². The predicted molar refractivity (Wildman–Crippen MR) is 76.1 cm³/mol. The van der Waals surface area contributed by atoms with Gasteiger partial charge in [-0.2, -0.15) is 0 Å². The molecule has 1 aromatic rings. The Morgan fingerprint density at radius 2 is 2.05 bits per heavy atom. The van der Waals surface area contributed by atoms with E-state index in [1.165, 1.54) is 0 Å². The van der Waals surface area contributed by atoms with Crippen molar-refractivity contribution >= 4 is 11.7 Å². The summed E-state index contributed by atoms with van der Waals surface area (Å²) in [6.45, 7) is 5.04. The summed E-state index contributed by atoms with van der Waals surface area (Å²) in [6.07, 6.45) is 0.411. The van der Waals surface area contributed by atoms with E-state index in [1.54, 1.807) is 16.8 Å². The van der Waals surface area contributed by atoms with Crippen LogP contribution in [0.3, 0.4) is 0 Å². The molecule has 1 aromatic carbocycles. The number of hydrogen-bond donors (Lipinski definition) is 1. The average molecular weight is 262 g/mol. The number of nitrogens with zero attached hydrogens (tertiary/aromatic N) is 2. The molecule has 0 aromatic heterocycles. The van der Waals surface area contributed by atoms with Gasteiger partial charge in [0.1, 0.15) is 0 Å². The number of fused-ring (bicyclic) bond motifs is 1. The molecule has 104 valence electrons. The summed E-state index contributed by atoms with van der Waals surface area (Å²) < 4.78 is 0. The van der Waals surface area contributed by atoms with Crippen LogP contribution in [0.4, 0.5) is 10.5 Å².